The van der Waals surface area contributed by atoms with Crippen LogP contribution in [-0.4, -0.2) is 37.2 Å². The smallest absolute Gasteiger partial charge is 0.338 e. The number of hydrogen-bond acceptors (Lipinski definition) is 4. The van der Waals surface area contributed by atoms with Crippen molar-refractivity contribution in [2.24, 2.45) is 0 Å². The maximum Gasteiger partial charge on any atom is 0.338 e. The average molecular weight is 423 g/mol. The summed E-state index contributed by atoms with van der Waals surface area (Å²) in [6.45, 7) is 8.11. The topological polar surface area (TPSA) is 67.9 Å². The molecule has 6 heteroatoms. The Labute approximate surface area is 183 Å². The molecule has 0 fully saturated rings. The Bertz CT molecular complexity index is 1010. The van der Waals surface area contributed by atoms with Gasteiger partial charge < -0.3 is 14.8 Å². The van der Waals surface area contributed by atoms with Gasteiger partial charge in [-0.1, -0.05) is 42.8 Å². The number of likely N-dealkylation sites (N-methyl/N-ethyl adjacent to an activating group) is 1. The van der Waals surface area contributed by atoms with Crippen LogP contribution in [0.15, 0.2) is 53.7 Å². The molecule has 0 spiro atoms. The summed E-state index contributed by atoms with van der Waals surface area (Å²) in [7, 11) is 1.63. The van der Waals surface area contributed by atoms with Crippen LogP contribution in [0.2, 0.25) is 0 Å². The number of hydrogen-bond donors (Lipinski definition) is 1. The molecule has 0 aliphatic carbocycles. The molecule has 2 aromatic carbocycles. The highest BCUT2D eigenvalue weighted by atomic mass is 16.5. The molecule has 0 radical (unpaired) electrons. The minimum atomic E-state index is -0.608. The van der Waals surface area contributed by atoms with E-state index in [9.17, 15) is 9.59 Å². The fourth-order valence-corrected chi connectivity index (χ4v) is 3.69. The van der Waals surface area contributed by atoms with E-state index in [0.717, 1.165) is 28.7 Å². The third-order valence-electron chi connectivity index (χ3n) is 5.50. The lowest BCUT2D eigenvalue weighted by atomic mass is 9.90. The second-order valence-electron chi connectivity index (χ2n) is 7.67. The van der Waals surface area contributed by atoms with Crippen LogP contribution in [0.3, 0.4) is 0 Å². The Hall–Kier alpha value is -3.28. The van der Waals surface area contributed by atoms with Gasteiger partial charge in [0, 0.05) is 7.05 Å². The number of rotatable bonds is 7. The number of nitrogens with one attached hydrogen (secondary N) is 1. The Morgan fingerprint density at radius 1 is 1.13 bits per heavy atom. The molecule has 3 rings (SSSR count). The molecule has 0 aromatic heterocycles. The predicted molar refractivity (Wildman–Crippen MR) is 120 cm³/mol. The molecule has 1 atom stereocenters. The van der Waals surface area contributed by atoms with Crippen molar-refractivity contribution in [2.45, 2.75) is 40.2 Å². The summed E-state index contributed by atoms with van der Waals surface area (Å²) in [6.07, 6.45) is 0.894. The van der Waals surface area contributed by atoms with E-state index in [0.29, 0.717) is 17.0 Å². The lowest BCUT2D eigenvalue weighted by Gasteiger charge is -2.35. The monoisotopic (exact) mass is 422 g/mol. The molecular formula is C25H30N2O4. The van der Waals surface area contributed by atoms with E-state index in [1.54, 1.807) is 14.0 Å². The molecule has 0 saturated heterocycles. The normalized spacial score (nSPS) is 16.2. The minimum Gasteiger partial charge on any atom is -0.487 e. The molecule has 31 heavy (non-hydrogen) atoms. The molecule has 0 saturated carbocycles. The molecule has 1 aliphatic rings. The first kappa shape index (κ1) is 22.4. The average Bonchev–Trinajstić information content (AvgIpc) is 2.76. The highest BCUT2D eigenvalue weighted by molar-refractivity contribution is 5.95. The molecule has 6 nitrogen and oxygen atoms in total. The van der Waals surface area contributed by atoms with Crippen molar-refractivity contribution in [1.29, 1.82) is 0 Å². The summed E-state index contributed by atoms with van der Waals surface area (Å²) >= 11 is 0. The maximum absolute atomic E-state index is 13.0. The van der Waals surface area contributed by atoms with Gasteiger partial charge in [-0.2, -0.15) is 0 Å². The highest BCUT2D eigenvalue weighted by Gasteiger charge is 2.37. The molecule has 1 aliphatic heterocycles. The van der Waals surface area contributed by atoms with Crippen LogP contribution in [0.5, 0.6) is 5.75 Å². The number of carbonyl (C=O) groups excluding carboxylic acids is 2. The van der Waals surface area contributed by atoms with Gasteiger partial charge >= 0.3 is 12.0 Å². The van der Waals surface area contributed by atoms with E-state index >= 15 is 0 Å². The van der Waals surface area contributed by atoms with Crippen molar-refractivity contribution >= 4 is 12.0 Å². The van der Waals surface area contributed by atoms with Crippen LogP contribution in [-0.2, 0) is 16.0 Å². The van der Waals surface area contributed by atoms with Crippen LogP contribution in [0.1, 0.15) is 42.1 Å². The molecule has 0 bridgehead atoms. The van der Waals surface area contributed by atoms with Crippen molar-refractivity contribution in [3.8, 4) is 5.75 Å². The van der Waals surface area contributed by atoms with E-state index in [1.807, 2.05) is 56.3 Å². The van der Waals surface area contributed by atoms with Gasteiger partial charge in [0.25, 0.3) is 0 Å². The Balaban J connectivity index is 2.06. The largest absolute Gasteiger partial charge is 0.487 e. The summed E-state index contributed by atoms with van der Waals surface area (Å²) < 4.78 is 11.4. The van der Waals surface area contributed by atoms with Crippen molar-refractivity contribution in [1.82, 2.24) is 10.2 Å². The summed E-state index contributed by atoms with van der Waals surface area (Å²) in [6, 6.07) is 12.9. The number of aryl methyl sites for hydroxylation is 3. The van der Waals surface area contributed by atoms with Gasteiger partial charge in [0.15, 0.2) is 0 Å². The molecule has 1 unspecified atom stereocenters. The fraction of sp³-hybridized carbons (Fsp3) is 0.360. The lowest BCUT2D eigenvalue weighted by Crippen LogP contribution is -2.48. The Morgan fingerprint density at radius 3 is 2.61 bits per heavy atom. The summed E-state index contributed by atoms with van der Waals surface area (Å²) in [5.41, 5.74) is 4.94. The summed E-state index contributed by atoms with van der Waals surface area (Å²) in [5.74, 6) is 0.235. The second-order valence-corrected chi connectivity index (χ2v) is 7.67. The quantitative estimate of drug-likeness (QED) is 0.669. The van der Waals surface area contributed by atoms with Gasteiger partial charge in [-0.05, 0) is 56.0 Å². The maximum atomic E-state index is 13.0. The first-order valence-corrected chi connectivity index (χ1v) is 10.6. The zero-order chi connectivity index (χ0) is 22.5. The van der Waals surface area contributed by atoms with Gasteiger partial charge in [0.05, 0.1) is 23.9 Å². The number of benzene rings is 2. The number of esters is 1. The van der Waals surface area contributed by atoms with E-state index < -0.39 is 12.0 Å². The molecule has 2 aromatic rings. The van der Waals surface area contributed by atoms with Crippen molar-refractivity contribution in [2.75, 3.05) is 20.3 Å². The van der Waals surface area contributed by atoms with Crippen LogP contribution < -0.4 is 10.1 Å². The van der Waals surface area contributed by atoms with Crippen molar-refractivity contribution in [3.63, 3.8) is 0 Å². The van der Waals surface area contributed by atoms with Crippen molar-refractivity contribution < 1.29 is 19.1 Å². The van der Waals surface area contributed by atoms with Gasteiger partial charge in [-0.3, -0.25) is 4.90 Å². The number of nitrogens with zero attached hydrogens (tertiary/aromatic N) is 1. The first-order valence-electron chi connectivity index (χ1n) is 10.6. The lowest BCUT2D eigenvalue weighted by molar-refractivity contribution is -0.139. The number of carbonyl (C=O) groups is 2. The molecule has 1 N–H and O–H groups in total. The van der Waals surface area contributed by atoms with E-state index in [4.69, 9.17) is 9.47 Å². The van der Waals surface area contributed by atoms with Gasteiger partial charge in [-0.15, -0.1) is 0 Å². The van der Waals surface area contributed by atoms with Crippen LogP contribution in [0, 0.1) is 13.8 Å². The van der Waals surface area contributed by atoms with E-state index in [1.165, 1.54) is 4.90 Å². The zero-order valence-electron chi connectivity index (χ0n) is 18.8. The third kappa shape index (κ3) is 4.90. The highest BCUT2D eigenvalue weighted by Crippen LogP contribution is 2.33. The van der Waals surface area contributed by atoms with E-state index in [-0.39, 0.29) is 19.2 Å². The molecule has 1 heterocycles. The molecule has 164 valence electrons. The van der Waals surface area contributed by atoms with E-state index in [2.05, 4.69) is 12.2 Å². The number of amides is 2. The summed E-state index contributed by atoms with van der Waals surface area (Å²) in [4.78, 5) is 27.3. The van der Waals surface area contributed by atoms with Gasteiger partial charge in [0.2, 0.25) is 0 Å². The first-order chi connectivity index (χ1) is 14.8. The molecule has 2 amide bonds. The van der Waals surface area contributed by atoms with Crippen LogP contribution in [0.4, 0.5) is 4.79 Å². The van der Waals surface area contributed by atoms with Crippen LogP contribution >= 0.6 is 0 Å². The zero-order valence-corrected chi connectivity index (χ0v) is 18.8. The summed E-state index contributed by atoms with van der Waals surface area (Å²) in [5, 5.41) is 2.96. The fourth-order valence-electron chi connectivity index (χ4n) is 3.69. The molecular weight excluding hydrogens is 392 g/mol. The third-order valence-corrected chi connectivity index (χ3v) is 5.50. The number of urea groups is 1. The second kappa shape index (κ2) is 9.69. The SMILES string of the molecule is CCOC(=O)C1=C(COc2cccc(CC)c2)N(C)C(=O)NC1c1cc(C)ccc1C. The minimum absolute atomic E-state index is 0.0760. The van der Waals surface area contributed by atoms with Gasteiger partial charge in [-0.25, -0.2) is 9.59 Å². The standard InChI is InChI=1S/C25H30N2O4/c1-6-18-9-8-10-19(14-18)31-15-21-22(24(28)30-7-2)23(26-25(29)27(21)5)20-13-16(3)11-12-17(20)4/h8-14,23H,6-7,15H2,1-5H3,(H,26,29). The van der Waals surface area contributed by atoms with Crippen molar-refractivity contribution in [3.05, 3.63) is 76.0 Å². The van der Waals surface area contributed by atoms with Crippen LogP contribution in [0.25, 0.3) is 0 Å². The van der Waals surface area contributed by atoms with Gasteiger partial charge in [0.1, 0.15) is 12.4 Å². The Morgan fingerprint density at radius 2 is 1.90 bits per heavy atom. The predicted octanol–water partition coefficient (Wildman–Crippen LogP) is 4.46. The number of ether oxygens (including phenoxy) is 2. The Kier molecular flexibility index (Phi) is 7.00.